The van der Waals surface area contributed by atoms with Crippen LogP contribution in [0, 0.1) is 0 Å². The van der Waals surface area contributed by atoms with Crippen molar-refractivity contribution in [2.45, 2.75) is 44.8 Å². The van der Waals surface area contributed by atoms with Crippen LogP contribution >= 0.6 is 0 Å². The molecule has 0 amide bonds. The van der Waals surface area contributed by atoms with Crippen molar-refractivity contribution in [1.29, 1.82) is 0 Å². The first kappa shape index (κ1) is 17.0. The van der Waals surface area contributed by atoms with E-state index in [2.05, 4.69) is 0 Å². The third-order valence-corrected chi connectivity index (χ3v) is 5.80. The summed E-state index contributed by atoms with van der Waals surface area (Å²) in [5, 5.41) is 0. The maximum absolute atomic E-state index is 6.11. The van der Waals surface area contributed by atoms with Crippen LogP contribution in [0.15, 0.2) is 0 Å². The molecule has 0 aromatic carbocycles. The highest BCUT2D eigenvalue weighted by Gasteiger charge is 2.43. The van der Waals surface area contributed by atoms with E-state index in [1.54, 1.807) is 14.2 Å². The summed E-state index contributed by atoms with van der Waals surface area (Å²) in [5.41, 5.74) is 10.8. The van der Waals surface area contributed by atoms with Crippen LogP contribution in [0.2, 0.25) is 6.04 Å². The van der Waals surface area contributed by atoms with Crippen LogP contribution in [-0.2, 0) is 13.3 Å². The molecule has 0 aliphatic carbocycles. The largest absolute Gasteiger partial charge is 0.500 e. The quantitative estimate of drug-likeness (QED) is 0.578. The Balaban J connectivity index is 4.49. The van der Waals surface area contributed by atoms with E-state index in [1.165, 1.54) is 0 Å². The Hall–Kier alpha value is 0.0169. The van der Waals surface area contributed by atoms with Gasteiger partial charge in [0.1, 0.15) is 0 Å². The second-order valence-corrected chi connectivity index (χ2v) is 7.62. The zero-order valence-electron chi connectivity index (χ0n) is 11.6. The highest BCUT2D eigenvalue weighted by molar-refractivity contribution is 6.60. The Morgan fingerprint density at radius 1 is 1.00 bits per heavy atom. The highest BCUT2D eigenvalue weighted by Crippen LogP contribution is 2.26. The van der Waals surface area contributed by atoms with Gasteiger partial charge in [-0.1, -0.05) is 0 Å². The van der Waals surface area contributed by atoms with Gasteiger partial charge in [-0.3, -0.25) is 0 Å². The molecule has 4 N–H and O–H groups in total. The fourth-order valence-electron chi connectivity index (χ4n) is 1.74. The monoisotopic (exact) mass is 264 g/mol. The maximum atomic E-state index is 6.11. The summed E-state index contributed by atoms with van der Waals surface area (Å²) in [5.74, 6) is 0. The topological polar surface area (TPSA) is 79.7 Å². The lowest BCUT2D eigenvalue weighted by atomic mass is 10.0. The van der Waals surface area contributed by atoms with Crippen molar-refractivity contribution in [3.63, 3.8) is 0 Å². The lowest BCUT2D eigenvalue weighted by molar-refractivity contribution is -0.000573. The molecule has 6 heteroatoms. The molecule has 0 bridgehead atoms. The van der Waals surface area contributed by atoms with Crippen molar-refractivity contribution >= 4 is 8.80 Å². The average Bonchev–Trinajstić information content (AvgIpc) is 2.32. The van der Waals surface area contributed by atoms with E-state index >= 15 is 0 Å². The lowest BCUT2D eigenvalue weighted by Crippen LogP contribution is -2.50. The van der Waals surface area contributed by atoms with E-state index in [0.29, 0.717) is 13.1 Å². The summed E-state index contributed by atoms with van der Waals surface area (Å²) in [6, 6.07) is 0.753. The minimum atomic E-state index is -2.57. The Morgan fingerprint density at radius 2 is 1.53 bits per heavy atom. The molecular weight excluding hydrogens is 236 g/mol. The summed E-state index contributed by atoms with van der Waals surface area (Å²) >= 11 is 0. The summed E-state index contributed by atoms with van der Waals surface area (Å²) in [7, 11) is 0.718. The zero-order chi connectivity index (χ0) is 13.4. The molecule has 0 aliphatic rings. The molecular formula is C11H28N2O3Si. The number of hydrogen-bond donors (Lipinski definition) is 2. The van der Waals surface area contributed by atoms with Crippen LogP contribution in [0.25, 0.3) is 0 Å². The van der Waals surface area contributed by atoms with Crippen LogP contribution in [-0.4, -0.2) is 41.7 Å². The van der Waals surface area contributed by atoms with Crippen molar-refractivity contribution < 1.29 is 13.3 Å². The average molecular weight is 264 g/mol. The zero-order valence-corrected chi connectivity index (χ0v) is 12.6. The third kappa shape index (κ3) is 6.49. The van der Waals surface area contributed by atoms with Gasteiger partial charge in [-0.05, 0) is 46.2 Å². The lowest BCUT2D eigenvalue weighted by Gasteiger charge is -2.36. The molecule has 0 aromatic heterocycles. The normalized spacial score (nSPS) is 13.1. The second-order valence-electron chi connectivity index (χ2n) is 4.74. The molecule has 104 valence electrons. The van der Waals surface area contributed by atoms with E-state index in [1.807, 2.05) is 13.8 Å². The van der Waals surface area contributed by atoms with Gasteiger partial charge in [0.2, 0.25) is 0 Å². The predicted molar refractivity (Wildman–Crippen MR) is 71.7 cm³/mol. The number of hydrogen-bond acceptors (Lipinski definition) is 5. The Morgan fingerprint density at radius 3 is 1.94 bits per heavy atom. The van der Waals surface area contributed by atoms with E-state index in [0.717, 1.165) is 25.3 Å². The van der Waals surface area contributed by atoms with Gasteiger partial charge in [-0.15, -0.1) is 0 Å². The molecule has 0 saturated carbocycles. The Bertz CT molecular complexity index is 199. The molecule has 0 rings (SSSR count). The first-order valence-corrected chi connectivity index (χ1v) is 8.09. The van der Waals surface area contributed by atoms with Crippen molar-refractivity contribution in [2.24, 2.45) is 11.5 Å². The van der Waals surface area contributed by atoms with Gasteiger partial charge in [0.15, 0.2) is 0 Å². The van der Waals surface area contributed by atoms with E-state index in [9.17, 15) is 0 Å². The molecule has 0 unspecified atom stereocenters. The van der Waals surface area contributed by atoms with E-state index in [-0.39, 0.29) is 5.60 Å². The van der Waals surface area contributed by atoms with E-state index in [4.69, 9.17) is 24.7 Å². The molecule has 0 fully saturated rings. The molecule has 0 radical (unpaired) electrons. The highest BCUT2D eigenvalue weighted by atomic mass is 28.4. The van der Waals surface area contributed by atoms with Crippen molar-refractivity contribution in [1.82, 2.24) is 0 Å². The van der Waals surface area contributed by atoms with Crippen LogP contribution < -0.4 is 11.5 Å². The maximum Gasteiger partial charge on any atom is 0.500 e. The van der Waals surface area contributed by atoms with Gasteiger partial charge >= 0.3 is 8.80 Å². The standard InChI is InChI=1S/C11H28N2O3Si/c1-11(2,7-5-8-12)16-17(14-3,15-4)10-6-9-13/h5-10,12-13H2,1-4H3. The van der Waals surface area contributed by atoms with Crippen LogP contribution in [0.5, 0.6) is 0 Å². The molecule has 0 spiro atoms. The molecule has 17 heavy (non-hydrogen) atoms. The number of rotatable bonds is 10. The van der Waals surface area contributed by atoms with Crippen LogP contribution in [0.4, 0.5) is 0 Å². The minimum Gasteiger partial charge on any atom is -0.377 e. The predicted octanol–water partition coefficient (Wildman–Crippen LogP) is 1.10. The first-order valence-electron chi connectivity index (χ1n) is 6.16. The molecule has 5 nitrogen and oxygen atoms in total. The van der Waals surface area contributed by atoms with Crippen molar-refractivity contribution in [3.05, 3.63) is 0 Å². The Labute approximate surface area is 106 Å². The van der Waals surface area contributed by atoms with Gasteiger partial charge in [-0.25, -0.2) is 0 Å². The van der Waals surface area contributed by atoms with E-state index < -0.39 is 8.80 Å². The smallest absolute Gasteiger partial charge is 0.377 e. The summed E-state index contributed by atoms with van der Waals surface area (Å²) in [6.07, 6.45) is 2.68. The summed E-state index contributed by atoms with van der Waals surface area (Å²) in [6.45, 7) is 5.38. The van der Waals surface area contributed by atoms with Gasteiger partial charge < -0.3 is 24.7 Å². The van der Waals surface area contributed by atoms with Gasteiger partial charge in [-0.2, -0.15) is 0 Å². The Kier molecular flexibility index (Phi) is 8.19. The minimum absolute atomic E-state index is 0.272. The fraction of sp³-hybridized carbons (Fsp3) is 1.00. The third-order valence-electron chi connectivity index (χ3n) is 2.72. The first-order chi connectivity index (χ1) is 7.95. The van der Waals surface area contributed by atoms with Crippen LogP contribution in [0.1, 0.15) is 33.1 Å². The van der Waals surface area contributed by atoms with Gasteiger partial charge in [0.05, 0.1) is 5.60 Å². The van der Waals surface area contributed by atoms with Gasteiger partial charge in [0, 0.05) is 20.3 Å². The van der Waals surface area contributed by atoms with Crippen molar-refractivity contribution in [2.75, 3.05) is 27.3 Å². The summed E-state index contributed by atoms with van der Waals surface area (Å²) < 4.78 is 17.1. The van der Waals surface area contributed by atoms with Crippen molar-refractivity contribution in [3.8, 4) is 0 Å². The molecule has 0 heterocycles. The van der Waals surface area contributed by atoms with Gasteiger partial charge in [0.25, 0.3) is 0 Å². The molecule has 0 saturated heterocycles. The fourth-order valence-corrected chi connectivity index (χ4v) is 4.16. The second kappa shape index (κ2) is 8.18. The molecule has 0 aromatic rings. The number of nitrogens with two attached hydrogens (primary N) is 2. The molecule has 0 aliphatic heterocycles. The summed E-state index contributed by atoms with van der Waals surface area (Å²) in [4.78, 5) is 0. The molecule has 0 atom stereocenters. The SMILES string of the molecule is CO[Si](CCCN)(OC)OC(C)(C)CCCN. The van der Waals surface area contributed by atoms with Crippen LogP contribution in [0.3, 0.4) is 0 Å².